The van der Waals surface area contributed by atoms with Crippen molar-refractivity contribution >= 4 is 0 Å². The van der Waals surface area contributed by atoms with Gasteiger partial charge in [0.05, 0.1) is 12.7 Å². The predicted octanol–water partition coefficient (Wildman–Crippen LogP) is 10.8. The lowest BCUT2D eigenvalue weighted by Gasteiger charge is -2.53. The third-order valence-electron chi connectivity index (χ3n) is 8.12. The Balaban J connectivity index is 2.07. The van der Waals surface area contributed by atoms with Gasteiger partial charge in [-0.25, -0.2) is 0 Å². The highest BCUT2D eigenvalue weighted by atomic mass is 16.7. The summed E-state index contributed by atoms with van der Waals surface area (Å²) >= 11 is 0. The Hall–Kier alpha value is -0.120. The summed E-state index contributed by atoms with van der Waals surface area (Å²) < 4.78 is 6.41. The highest BCUT2D eigenvalue weighted by Gasteiger charge is 2.46. The van der Waals surface area contributed by atoms with Gasteiger partial charge >= 0.3 is 0 Å². The van der Waals surface area contributed by atoms with Crippen molar-refractivity contribution in [1.29, 1.82) is 0 Å². The molecule has 1 fully saturated rings. The first-order valence-electron chi connectivity index (χ1n) is 16.4. The molecule has 1 saturated heterocycles. The van der Waals surface area contributed by atoms with Gasteiger partial charge in [0.25, 0.3) is 0 Å². The number of hydroxylamine groups is 2. The molecule has 3 heteroatoms. The van der Waals surface area contributed by atoms with Crippen LogP contribution in [0, 0.1) is 0 Å². The monoisotopic (exact) mass is 510 g/mol. The predicted molar refractivity (Wildman–Crippen MR) is 159 cm³/mol. The summed E-state index contributed by atoms with van der Waals surface area (Å²) in [6, 6.07) is 0. The molecule has 0 aromatic rings. The number of rotatable bonds is 24. The molecule has 216 valence electrons. The van der Waals surface area contributed by atoms with Gasteiger partial charge in [-0.15, -0.1) is 0 Å². The van der Waals surface area contributed by atoms with Crippen molar-refractivity contribution in [3.63, 3.8) is 0 Å². The minimum atomic E-state index is 0.0180. The Bertz CT molecular complexity index is 472. The van der Waals surface area contributed by atoms with Gasteiger partial charge in [0, 0.05) is 17.7 Å². The number of nitrogens with zero attached hydrogens (tertiary/aromatic N) is 1. The van der Waals surface area contributed by atoms with Gasteiger partial charge in [-0.05, 0) is 53.4 Å². The molecule has 0 saturated carbocycles. The second-order valence-electron chi connectivity index (χ2n) is 13.0. The first-order chi connectivity index (χ1) is 17.3. The van der Waals surface area contributed by atoms with E-state index in [2.05, 4.69) is 46.6 Å². The fraction of sp³-hybridized carbons (Fsp3) is 1.00. The van der Waals surface area contributed by atoms with E-state index in [1.807, 2.05) is 0 Å². The maximum absolute atomic E-state index is 6.41. The molecule has 0 aromatic carbocycles. The highest BCUT2D eigenvalue weighted by molar-refractivity contribution is 4.97. The minimum absolute atomic E-state index is 0.0180. The zero-order valence-corrected chi connectivity index (χ0v) is 25.8. The maximum atomic E-state index is 6.41. The lowest BCUT2D eigenvalue weighted by Crippen LogP contribution is -2.61. The average Bonchev–Trinajstić information content (AvgIpc) is 2.81. The van der Waals surface area contributed by atoms with Crippen LogP contribution in [0.3, 0.4) is 0 Å². The Kier molecular flexibility index (Phi) is 19.6. The first-order valence-corrected chi connectivity index (χ1v) is 16.4. The van der Waals surface area contributed by atoms with Crippen LogP contribution in [0.25, 0.3) is 0 Å². The molecule has 3 nitrogen and oxygen atoms in total. The third kappa shape index (κ3) is 16.0. The van der Waals surface area contributed by atoms with Crippen LogP contribution in [0.5, 0.6) is 0 Å². The Labute approximate surface area is 227 Å². The van der Waals surface area contributed by atoms with Crippen molar-refractivity contribution in [3.8, 4) is 0 Å². The fourth-order valence-electron chi connectivity index (χ4n) is 6.22. The molecule has 1 aliphatic heterocycles. The van der Waals surface area contributed by atoms with Crippen molar-refractivity contribution in [2.24, 2.45) is 0 Å². The van der Waals surface area contributed by atoms with E-state index in [1.54, 1.807) is 0 Å². The molecule has 1 rings (SSSR count). The summed E-state index contributed by atoms with van der Waals surface area (Å²) in [7, 11) is 0. The lowest BCUT2D eigenvalue weighted by atomic mass is 9.80. The summed E-state index contributed by atoms with van der Waals surface area (Å²) in [5.41, 5.74) is 0.0360. The summed E-state index contributed by atoms with van der Waals surface area (Å²) in [4.78, 5) is 6.38. The molecular formula is C33H67NO2. The van der Waals surface area contributed by atoms with Crippen molar-refractivity contribution in [2.45, 2.75) is 200 Å². The second-order valence-corrected chi connectivity index (χ2v) is 13.0. The molecule has 0 radical (unpaired) electrons. The molecule has 0 spiro atoms. The summed E-state index contributed by atoms with van der Waals surface area (Å²) in [6.07, 6.45) is 30.0. The van der Waals surface area contributed by atoms with Crippen molar-refractivity contribution < 1.29 is 9.57 Å². The fourth-order valence-corrected chi connectivity index (χ4v) is 6.22. The number of unbranched alkanes of at least 4 members (excludes halogenated alkanes) is 18. The van der Waals surface area contributed by atoms with Crippen LogP contribution in [0.2, 0.25) is 0 Å². The molecule has 0 aromatic heterocycles. The maximum Gasteiger partial charge on any atom is 0.0685 e. The van der Waals surface area contributed by atoms with Crippen molar-refractivity contribution in [1.82, 2.24) is 5.06 Å². The molecule has 1 heterocycles. The van der Waals surface area contributed by atoms with E-state index in [0.29, 0.717) is 6.10 Å². The van der Waals surface area contributed by atoms with Gasteiger partial charge in [-0.2, -0.15) is 5.06 Å². The highest BCUT2D eigenvalue weighted by Crippen LogP contribution is 2.40. The molecule has 0 atom stereocenters. The molecule has 1 aliphatic rings. The van der Waals surface area contributed by atoms with Crippen LogP contribution < -0.4 is 0 Å². The summed E-state index contributed by atoms with van der Waals surface area (Å²) in [5, 5.41) is 2.30. The lowest BCUT2D eigenvalue weighted by molar-refractivity contribution is -0.295. The van der Waals surface area contributed by atoms with Gasteiger partial charge in [-0.1, -0.05) is 129 Å². The molecule has 36 heavy (non-hydrogen) atoms. The van der Waals surface area contributed by atoms with Gasteiger partial charge in [0.15, 0.2) is 0 Å². The average molecular weight is 510 g/mol. The second kappa shape index (κ2) is 20.8. The van der Waals surface area contributed by atoms with Crippen LogP contribution in [0.15, 0.2) is 0 Å². The van der Waals surface area contributed by atoms with E-state index in [4.69, 9.17) is 9.57 Å². The van der Waals surface area contributed by atoms with E-state index < -0.39 is 0 Å². The van der Waals surface area contributed by atoms with E-state index in [-0.39, 0.29) is 11.1 Å². The van der Waals surface area contributed by atoms with Crippen LogP contribution in [-0.4, -0.2) is 35.5 Å². The number of hydrogen-bond donors (Lipinski definition) is 0. The zero-order chi connectivity index (χ0) is 26.5. The number of piperidine rings is 1. The quantitative estimate of drug-likeness (QED) is 0.121. The number of hydrogen-bond acceptors (Lipinski definition) is 3. The Morgan fingerprint density at radius 2 is 0.833 bits per heavy atom. The van der Waals surface area contributed by atoms with E-state index >= 15 is 0 Å². The Morgan fingerprint density at radius 3 is 1.22 bits per heavy atom. The molecule has 0 bridgehead atoms. The van der Waals surface area contributed by atoms with Crippen LogP contribution in [0.1, 0.15) is 183 Å². The molecule has 0 unspecified atom stereocenters. The van der Waals surface area contributed by atoms with Crippen molar-refractivity contribution in [2.75, 3.05) is 13.2 Å². The Morgan fingerprint density at radius 1 is 0.500 bits per heavy atom. The summed E-state index contributed by atoms with van der Waals surface area (Å²) in [6.45, 7) is 15.7. The van der Waals surface area contributed by atoms with Gasteiger partial charge in [0.1, 0.15) is 0 Å². The van der Waals surface area contributed by atoms with E-state index in [9.17, 15) is 0 Å². The van der Waals surface area contributed by atoms with Crippen LogP contribution >= 0.6 is 0 Å². The van der Waals surface area contributed by atoms with Gasteiger partial charge in [0.2, 0.25) is 0 Å². The largest absolute Gasteiger partial charge is 0.378 e. The molecular weight excluding hydrogens is 442 g/mol. The zero-order valence-electron chi connectivity index (χ0n) is 25.8. The van der Waals surface area contributed by atoms with Gasteiger partial charge in [-0.3, -0.25) is 4.84 Å². The standard InChI is InChI=1S/C33H67NO2/c1-7-9-11-13-15-16-17-18-19-20-21-22-23-25-27-35-31-29-32(3,4)34(33(5,6)30-31)36-28-26-24-14-12-10-8-2/h31H,7-30H2,1-6H3. The third-order valence-corrected chi connectivity index (χ3v) is 8.12. The smallest absolute Gasteiger partial charge is 0.0685 e. The minimum Gasteiger partial charge on any atom is -0.378 e. The summed E-state index contributed by atoms with van der Waals surface area (Å²) in [5.74, 6) is 0. The van der Waals surface area contributed by atoms with Gasteiger partial charge < -0.3 is 4.74 Å². The van der Waals surface area contributed by atoms with E-state index in [1.165, 1.54) is 128 Å². The normalized spacial score (nSPS) is 18.2. The topological polar surface area (TPSA) is 21.7 Å². The van der Waals surface area contributed by atoms with Crippen LogP contribution in [0.4, 0.5) is 0 Å². The van der Waals surface area contributed by atoms with Crippen molar-refractivity contribution in [3.05, 3.63) is 0 Å². The van der Waals surface area contributed by atoms with E-state index in [0.717, 1.165) is 26.1 Å². The number of ether oxygens (including phenoxy) is 1. The molecule has 0 aliphatic carbocycles. The molecule has 0 N–H and O–H groups in total. The first kappa shape index (κ1) is 33.9. The SMILES string of the molecule is CCCCCCCCCCCCCCCCOC1CC(C)(C)N(OCCCCCCCC)C(C)(C)C1. The van der Waals surface area contributed by atoms with Crippen LogP contribution in [-0.2, 0) is 9.57 Å². The molecule has 0 amide bonds.